The van der Waals surface area contributed by atoms with Crippen LogP contribution in [0.2, 0.25) is 0 Å². The van der Waals surface area contributed by atoms with E-state index in [-0.39, 0.29) is 0 Å². The molecular formula is C16H20N2. The molecule has 0 saturated heterocycles. The van der Waals surface area contributed by atoms with Crippen LogP contribution in [0.25, 0.3) is 10.9 Å². The molecule has 3 atom stereocenters. The van der Waals surface area contributed by atoms with E-state index < -0.39 is 0 Å². The highest BCUT2D eigenvalue weighted by Gasteiger charge is 2.32. The molecule has 1 aromatic carbocycles. The number of hydrogen-bond acceptors (Lipinski definition) is 2. The van der Waals surface area contributed by atoms with Gasteiger partial charge in [0.25, 0.3) is 0 Å². The Labute approximate surface area is 108 Å². The fraction of sp³-hybridized carbons (Fsp3) is 0.438. The average Bonchev–Trinajstić information content (AvgIpc) is 2.79. The van der Waals surface area contributed by atoms with E-state index in [1.165, 1.54) is 23.8 Å². The number of pyridine rings is 1. The van der Waals surface area contributed by atoms with Gasteiger partial charge in [-0.1, -0.05) is 25.1 Å². The maximum absolute atomic E-state index is 4.59. The van der Waals surface area contributed by atoms with Crippen molar-refractivity contribution in [3.63, 3.8) is 0 Å². The molecule has 1 fully saturated rings. The molecule has 1 aliphatic carbocycles. The van der Waals surface area contributed by atoms with Crippen LogP contribution < -0.4 is 5.32 Å². The highest BCUT2D eigenvalue weighted by Crippen LogP contribution is 2.39. The predicted molar refractivity (Wildman–Crippen MR) is 75.7 cm³/mol. The molecule has 2 nitrogen and oxygen atoms in total. The first kappa shape index (κ1) is 11.7. The van der Waals surface area contributed by atoms with Gasteiger partial charge < -0.3 is 5.32 Å². The SMILES string of the molecule is CNC1CCC(c2cnc3ccccc3c2)C1C. The highest BCUT2D eigenvalue weighted by molar-refractivity contribution is 5.78. The van der Waals surface area contributed by atoms with Crippen molar-refractivity contribution in [1.82, 2.24) is 10.3 Å². The Morgan fingerprint density at radius 1 is 1.22 bits per heavy atom. The zero-order valence-corrected chi connectivity index (χ0v) is 11.1. The highest BCUT2D eigenvalue weighted by atomic mass is 14.9. The zero-order chi connectivity index (χ0) is 12.5. The van der Waals surface area contributed by atoms with Crippen LogP contribution in [0, 0.1) is 5.92 Å². The van der Waals surface area contributed by atoms with Crippen molar-refractivity contribution in [3.8, 4) is 0 Å². The Hall–Kier alpha value is -1.41. The lowest BCUT2D eigenvalue weighted by atomic mass is 9.89. The maximum Gasteiger partial charge on any atom is 0.0702 e. The number of fused-ring (bicyclic) bond motifs is 1. The van der Waals surface area contributed by atoms with Gasteiger partial charge in [-0.15, -0.1) is 0 Å². The number of nitrogens with zero attached hydrogens (tertiary/aromatic N) is 1. The summed E-state index contributed by atoms with van der Waals surface area (Å²) in [6, 6.07) is 11.3. The molecule has 2 aromatic rings. The molecule has 2 heteroatoms. The summed E-state index contributed by atoms with van der Waals surface area (Å²) in [6.07, 6.45) is 4.61. The van der Waals surface area contributed by atoms with Gasteiger partial charge in [0.05, 0.1) is 5.52 Å². The molecule has 1 aliphatic rings. The number of para-hydroxylation sites is 1. The Morgan fingerprint density at radius 2 is 2.06 bits per heavy atom. The third-order valence-corrected chi connectivity index (χ3v) is 4.47. The minimum absolute atomic E-state index is 0.652. The van der Waals surface area contributed by atoms with Crippen LogP contribution in [0.4, 0.5) is 0 Å². The van der Waals surface area contributed by atoms with Gasteiger partial charge in [-0.2, -0.15) is 0 Å². The molecule has 0 radical (unpaired) electrons. The third kappa shape index (κ3) is 1.91. The molecule has 94 valence electrons. The van der Waals surface area contributed by atoms with Crippen molar-refractivity contribution >= 4 is 10.9 Å². The standard InChI is InChI=1S/C16H20N2/c1-11-14(7-8-15(11)17-2)13-9-12-5-3-4-6-16(12)18-10-13/h3-6,9-11,14-15,17H,7-8H2,1-2H3. The Balaban J connectivity index is 1.95. The maximum atomic E-state index is 4.59. The van der Waals surface area contributed by atoms with E-state index in [9.17, 15) is 0 Å². The summed E-state index contributed by atoms with van der Waals surface area (Å²) >= 11 is 0. The Bertz CT molecular complexity index is 550. The number of hydrogen-bond donors (Lipinski definition) is 1. The van der Waals surface area contributed by atoms with Crippen molar-refractivity contribution in [2.45, 2.75) is 31.7 Å². The molecule has 18 heavy (non-hydrogen) atoms. The van der Waals surface area contributed by atoms with Gasteiger partial charge in [0.2, 0.25) is 0 Å². The molecule has 1 aromatic heterocycles. The lowest BCUT2D eigenvalue weighted by Gasteiger charge is -2.20. The van der Waals surface area contributed by atoms with Crippen molar-refractivity contribution in [3.05, 3.63) is 42.1 Å². The molecule has 3 unspecified atom stereocenters. The van der Waals surface area contributed by atoms with E-state index in [0.29, 0.717) is 17.9 Å². The van der Waals surface area contributed by atoms with E-state index in [2.05, 4.69) is 54.7 Å². The van der Waals surface area contributed by atoms with Crippen LogP contribution in [0.3, 0.4) is 0 Å². The normalized spacial score (nSPS) is 27.8. The predicted octanol–water partition coefficient (Wildman–Crippen LogP) is 3.34. The van der Waals surface area contributed by atoms with Gasteiger partial charge in [-0.3, -0.25) is 4.98 Å². The molecule has 1 N–H and O–H groups in total. The smallest absolute Gasteiger partial charge is 0.0702 e. The van der Waals surface area contributed by atoms with E-state index in [4.69, 9.17) is 0 Å². The van der Waals surface area contributed by atoms with Crippen LogP contribution in [0.1, 0.15) is 31.2 Å². The summed E-state index contributed by atoms with van der Waals surface area (Å²) < 4.78 is 0. The molecule has 0 spiro atoms. The first-order chi connectivity index (χ1) is 8.79. The monoisotopic (exact) mass is 240 g/mol. The summed E-state index contributed by atoms with van der Waals surface area (Å²) in [6.45, 7) is 2.36. The molecule has 0 bridgehead atoms. The minimum atomic E-state index is 0.652. The van der Waals surface area contributed by atoms with Gasteiger partial charge in [-0.05, 0) is 49.4 Å². The molecule has 3 rings (SSSR count). The van der Waals surface area contributed by atoms with Crippen molar-refractivity contribution < 1.29 is 0 Å². The number of aromatic nitrogens is 1. The van der Waals surface area contributed by atoms with Gasteiger partial charge in [0.1, 0.15) is 0 Å². The second-order valence-corrected chi connectivity index (χ2v) is 5.40. The third-order valence-electron chi connectivity index (χ3n) is 4.47. The van der Waals surface area contributed by atoms with E-state index in [1.807, 2.05) is 6.07 Å². The first-order valence-corrected chi connectivity index (χ1v) is 6.81. The summed E-state index contributed by atoms with van der Waals surface area (Å²) in [7, 11) is 2.07. The van der Waals surface area contributed by atoms with Crippen LogP contribution >= 0.6 is 0 Å². The van der Waals surface area contributed by atoms with E-state index >= 15 is 0 Å². The largest absolute Gasteiger partial charge is 0.317 e. The molecule has 1 saturated carbocycles. The van der Waals surface area contributed by atoms with E-state index in [0.717, 1.165) is 5.52 Å². The summed E-state index contributed by atoms with van der Waals surface area (Å²) in [5, 5.41) is 4.69. The number of benzene rings is 1. The van der Waals surface area contributed by atoms with E-state index in [1.54, 1.807) is 0 Å². The van der Waals surface area contributed by atoms with Gasteiger partial charge in [0, 0.05) is 17.6 Å². The summed E-state index contributed by atoms with van der Waals surface area (Å²) in [4.78, 5) is 4.59. The lowest BCUT2D eigenvalue weighted by Crippen LogP contribution is -2.28. The summed E-state index contributed by atoms with van der Waals surface area (Å²) in [5.41, 5.74) is 2.50. The summed E-state index contributed by atoms with van der Waals surface area (Å²) in [5.74, 6) is 1.34. The quantitative estimate of drug-likeness (QED) is 0.871. The van der Waals surface area contributed by atoms with Crippen LogP contribution in [0.5, 0.6) is 0 Å². The minimum Gasteiger partial charge on any atom is -0.317 e. The van der Waals surface area contributed by atoms with Crippen LogP contribution in [-0.4, -0.2) is 18.1 Å². The van der Waals surface area contributed by atoms with Crippen LogP contribution in [0.15, 0.2) is 36.5 Å². The first-order valence-electron chi connectivity index (χ1n) is 6.81. The fourth-order valence-electron chi connectivity index (χ4n) is 3.33. The molecule has 0 amide bonds. The lowest BCUT2D eigenvalue weighted by molar-refractivity contribution is 0.428. The van der Waals surface area contributed by atoms with Gasteiger partial charge in [0.15, 0.2) is 0 Å². The second-order valence-electron chi connectivity index (χ2n) is 5.40. The number of nitrogens with one attached hydrogen (secondary N) is 1. The second kappa shape index (κ2) is 4.69. The average molecular weight is 240 g/mol. The van der Waals surface area contributed by atoms with Crippen LogP contribution in [-0.2, 0) is 0 Å². The Morgan fingerprint density at radius 3 is 2.83 bits per heavy atom. The Kier molecular flexibility index (Phi) is 3.04. The fourth-order valence-corrected chi connectivity index (χ4v) is 3.33. The molecular weight excluding hydrogens is 220 g/mol. The number of rotatable bonds is 2. The van der Waals surface area contributed by atoms with Crippen molar-refractivity contribution in [2.75, 3.05) is 7.05 Å². The van der Waals surface area contributed by atoms with Gasteiger partial charge in [-0.25, -0.2) is 0 Å². The molecule has 1 heterocycles. The topological polar surface area (TPSA) is 24.9 Å². The zero-order valence-electron chi connectivity index (χ0n) is 11.1. The molecule has 0 aliphatic heterocycles. The van der Waals surface area contributed by atoms with Crippen molar-refractivity contribution in [2.24, 2.45) is 5.92 Å². The van der Waals surface area contributed by atoms with Crippen molar-refractivity contribution in [1.29, 1.82) is 0 Å². The van der Waals surface area contributed by atoms with Gasteiger partial charge >= 0.3 is 0 Å².